The first-order valence-electron chi connectivity index (χ1n) is 7.46. The van der Waals surface area contributed by atoms with Crippen LogP contribution in [0.5, 0.6) is 11.5 Å². The third kappa shape index (κ3) is 4.69. The molecule has 20 heavy (non-hydrogen) atoms. The Bertz CT molecular complexity index is 391. The molecule has 0 aliphatic carbocycles. The Balaban J connectivity index is 2.86. The number of likely N-dealkylation sites (N-methyl/N-ethyl adjacent to an activating group) is 1. The largest absolute Gasteiger partial charge is 0.490 e. The molecule has 114 valence electrons. The van der Waals surface area contributed by atoms with Gasteiger partial charge < -0.3 is 19.5 Å². The predicted octanol–water partition coefficient (Wildman–Crippen LogP) is 2.86. The van der Waals surface area contributed by atoms with Crippen LogP contribution in [0, 0.1) is 0 Å². The highest BCUT2D eigenvalue weighted by Crippen LogP contribution is 2.31. The van der Waals surface area contributed by atoms with E-state index in [-0.39, 0.29) is 0 Å². The van der Waals surface area contributed by atoms with Gasteiger partial charge in [-0.05, 0) is 44.6 Å². The highest BCUT2D eigenvalue weighted by atomic mass is 16.5. The summed E-state index contributed by atoms with van der Waals surface area (Å²) in [5.41, 5.74) is 0.865. The minimum absolute atomic E-state index is 0.509. The Labute approximate surface area is 122 Å². The van der Waals surface area contributed by atoms with Gasteiger partial charge in [-0.1, -0.05) is 19.9 Å². The summed E-state index contributed by atoms with van der Waals surface area (Å²) in [6, 6.07) is 5.65. The van der Waals surface area contributed by atoms with E-state index in [9.17, 15) is 5.11 Å². The third-order valence-corrected chi connectivity index (χ3v) is 3.28. The van der Waals surface area contributed by atoms with E-state index in [0.29, 0.717) is 25.5 Å². The molecular weight excluding hydrogens is 254 g/mol. The van der Waals surface area contributed by atoms with Gasteiger partial charge in [0.15, 0.2) is 11.5 Å². The fourth-order valence-electron chi connectivity index (χ4n) is 2.11. The molecule has 1 aromatic carbocycles. The summed E-state index contributed by atoms with van der Waals surface area (Å²) in [4.78, 5) is 2.20. The van der Waals surface area contributed by atoms with Crippen molar-refractivity contribution in [3.63, 3.8) is 0 Å². The van der Waals surface area contributed by atoms with E-state index < -0.39 is 6.10 Å². The highest BCUT2D eigenvalue weighted by Gasteiger charge is 2.14. The summed E-state index contributed by atoms with van der Waals surface area (Å²) in [5.74, 6) is 1.43. The zero-order valence-corrected chi connectivity index (χ0v) is 13.1. The number of benzene rings is 1. The van der Waals surface area contributed by atoms with Crippen molar-refractivity contribution in [1.82, 2.24) is 4.90 Å². The summed E-state index contributed by atoms with van der Waals surface area (Å²) >= 11 is 0. The minimum atomic E-state index is -0.509. The number of ether oxygens (including phenoxy) is 2. The van der Waals surface area contributed by atoms with Crippen molar-refractivity contribution in [1.29, 1.82) is 0 Å². The zero-order valence-electron chi connectivity index (χ0n) is 13.1. The first-order chi connectivity index (χ1) is 9.65. The lowest BCUT2D eigenvalue weighted by Gasteiger charge is -2.22. The molecule has 0 amide bonds. The minimum Gasteiger partial charge on any atom is -0.490 e. The number of hydrogen-bond donors (Lipinski definition) is 1. The molecule has 0 aliphatic rings. The van der Waals surface area contributed by atoms with Crippen LogP contribution in [0.4, 0.5) is 0 Å². The molecule has 0 saturated carbocycles. The molecule has 1 atom stereocenters. The van der Waals surface area contributed by atoms with Crippen molar-refractivity contribution in [2.75, 3.05) is 32.8 Å². The van der Waals surface area contributed by atoms with Gasteiger partial charge in [0, 0.05) is 6.54 Å². The average molecular weight is 281 g/mol. The number of nitrogens with zero attached hydrogens (tertiary/aromatic N) is 1. The van der Waals surface area contributed by atoms with Crippen LogP contribution in [0.2, 0.25) is 0 Å². The second-order valence-electron chi connectivity index (χ2n) is 4.57. The second kappa shape index (κ2) is 8.82. The first-order valence-corrected chi connectivity index (χ1v) is 7.46. The topological polar surface area (TPSA) is 41.9 Å². The second-order valence-corrected chi connectivity index (χ2v) is 4.57. The Morgan fingerprint density at radius 2 is 1.60 bits per heavy atom. The maximum Gasteiger partial charge on any atom is 0.161 e. The molecular formula is C16H27NO3. The first kappa shape index (κ1) is 16.8. The van der Waals surface area contributed by atoms with Gasteiger partial charge in [0.25, 0.3) is 0 Å². The van der Waals surface area contributed by atoms with Crippen LogP contribution in [0.25, 0.3) is 0 Å². The van der Waals surface area contributed by atoms with Gasteiger partial charge in [0.05, 0.1) is 19.3 Å². The van der Waals surface area contributed by atoms with Crippen molar-refractivity contribution in [2.24, 2.45) is 0 Å². The Morgan fingerprint density at radius 1 is 1.00 bits per heavy atom. The lowest BCUT2D eigenvalue weighted by molar-refractivity contribution is 0.118. The predicted molar refractivity (Wildman–Crippen MR) is 81.5 cm³/mol. The standard InChI is InChI=1S/C16H27NO3/c1-5-17(6-2)12-14(18)13-9-10-15(19-7-3)16(11-13)20-8-4/h9-11,14,18H,5-8,12H2,1-4H3. The van der Waals surface area contributed by atoms with Crippen molar-refractivity contribution >= 4 is 0 Å². The molecule has 0 spiro atoms. The van der Waals surface area contributed by atoms with Crippen molar-refractivity contribution < 1.29 is 14.6 Å². The summed E-state index contributed by atoms with van der Waals surface area (Å²) in [5, 5.41) is 10.3. The van der Waals surface area contributed by atoms with Crippen molar-refractivity contribution in [3.05, 3.63) is 23.8 Å². The molecule has 0 saturated heterocycles. The maximum atomic E-state index is 10.3. The number of aliphatic hydroxyl groups excluding tert-OH is 1. The molecule has 1 unspecified atom stereocenters. The van der Waals surface area contributed by atoms with E-state index in [1.165, 1.54) is 0 Å². The van der Waals surface area contributed by atoms with Crippen LogP contribution in [0.15, 0.2) is 18.2 Å². The molecule has 1 aromatic rings. The van der Waals surface area contributed by atoms with Gasteiger partial charge in [0.1, 0.15) is 0 Å². The quantitative estimate of drug-likeness (QED) is 0.756. The molecule has 4 nitrogen and oxygen atoms in total. The Hall–Kier alpha value is -1.26. The van der Waals surface area contributed by atoms with Crippen LogP contribution >= 0.6 is 0 Å². The molecule has 0 radical (unpaired) electrons. The van der Waals surface area contributed by atoms with Crippen molar-refractivity contribution in [2.45, 2.75) is 33.8 Å². The molecule has 0 bridgehead atoms. The van der Waals surface area contributed by atoms with Crippen LogP contribution in [0.3, 0.4) is 0 Å². The lowest BCUT2D eigenvalue weighted by atomic mass is 10.1. The van der Waals surface area contributed by atoms with E-state index in [1.807, 2.05) is 32.0 Å². The van der Waals surface area contributed by atoms with E-state index in [1.54, 1.807) is 0 Å². The summed E-state index contributed by atoms with van der Waals surface area (Å²) in [7, 11) is 0. The van der Waals surface area contributed by atoms with Crippen molar-refractivity contribution in [3.8, 4) is 11.5 Å². The fraction of sp³-hybridized carbons (Fsp3) is 0.625. The molecule has 0 aliphatic heterocycles. The molecule has 1 rings (SSSR count). The molecule has 0 heterocycles. The molecule has 1 N–H and O–H groups in total. The Morgan fingerprint density at radius 3 is 2.15 bits per heavy atom. The van der Waals surface area contributed by atoms with E-state index in [0.717, 1.165) is 24.4 Å². The van der Waals surface area contributed by atoms with Gasteiger partial charge in [0.2, 0.25) is 0 Å². The van der Waals surface area contributed by atoms with Crippen LogP contribution in [0.1, 0.15) is 39.4 Å². The average Bonchev–Trinajstić information content (AvgIpc) is 2.46. The van der Waals surface area contributed by atoms with Gasteiger partial charge in [-0.3, -0.25) is 0 Å². The third-order valence-electron chi connectivity index (χ3n) is 3.28. The molecule has 4 heteroatoms. The fourth-order valence-corrected chi connectivity index (χ4v) is 2.11. The van der Waals surface area contributed by atoms with Gasteiger partial charge >= 0.3 is 0 Å². The summed E-state index contributed by atoms with van der Waals surface area (Å²) in [6.45, 7) is 11.8. The smallest absolute Gasteiger partial charge is 0.161 e. The van der Waals surface area contributed by atoms with Crippen LogP contribution < -0.4 is 9.47 Å². The maximum absolute atomic E-state index is 10.3. The normalized spacial score (nSPS) is 12.5. The molecule has 0 fully saturated rings. The zero-order chi connectivity index (χ0) is 15.0. The highest BCUT2D eigenvalue weighted by molar-refractivity contribution is 5.43. The van der Waals surface area contributed by atoms with Crippen LogP contribution in [-0.4, -0.2) is 42.9 Å². The lowest BCUT2D eigenvalue weighted by Crippen LogP contribution is -2.28. The monoisotopic (exact) mass is 281 g/mol. The van der Waals surface area contributed by atoms with Gasteiger partial charge in [-0.25, -0.2) is 0 Å². The number of hydrogen-bond acceptors (Lipinski definition) is 4. The van der Waals surface area contributed by atoms with E-state index in [4.69, 9.17) is 9.47 Å². The Kier molecular flexibility index (Phi) is 7.41. The summed E-state index contributed by atoms with van der Waals surface area (Å²) in [6.07, 6.45) is -0.509. The molecule has 0 aromatic heterocycles. The number of rotatable bonds is 9. The van der Waals surface area contributed by atoms with Gasteiger partial charge in [-0.15, -0.1) is 0 Å². The number of aliphatic hydroxyl groups is 1. The summed E-state index contributed by atoms with van der Waals surface area (Å²) < 4.78 is 11.1. The van der Waals surface area contributed by atoms with Crippen LogP contribution in [-0.2, 0) is 0 Å². The van der Waals surface area contributed by atoms with Gasteiger partial charge in [-0.2, -0.15) is 0 Å². The SMILES string of the molecule is CCOc1ccc(C(O)CN(CC)CC)cc1OCC. The van der Waals surface area contributed by atoms with E-state index >= 15 is 0 Å². The van der Waals surface area contributed by atoms with E-state index in [2.05, 4.69) is 18.7 Å².